The summed E-state index contributed by atoms with van der Waals surface area (Å²) in [4.78, 5) is 0. The van der Waals surface area contributed by atoms with E-state index in [1.807, 2.05) is 18.7 Å². The van der Waals surface area contributed by atoms with Crippen LogP contribution < -0.4 is 5.32 Å². The number of aryl methyl sites for hydroxylation is 2. The lowest BCUT2D eigenvalue weighted by molar-refractivity contribution is 0.421. The summed E-state index contributed by atoms with van der Waals surface area (Å²) in [7, 11) is 0. The van der Waals surface area contributed by atoms with Gasteiger partial charge in [-0.15, -0.1) is 0 Å². The second kappa shape index (κ2) is 6.31. The van der Waals surface area contributed by atoms with Gasteiger partial charge < -0.3 is 5.32 Å². The summed E-state index contributed by atoms with van der Waals surface area (Å²) in [5, 5.41) is 8.95. The predicted octanol–water partition coefficient (Wildman–Crippen LogP) is 2.75. The van der Waals surface area contributed by atoms with Crippen LogP contribution in [0.5, 0.6) is 0 Å². The number of halogens is 1. The molecule has 0 spiro atoms. The number of rotatable bonds is 5. The van der Waals surface area contributed by atoms with Crippen molar-refractivity contribution in [3.63, 3.8) is 0 Å². The Morgan fingerprint density at radius 3 is 2.89 bits per heavy atom. The fourth-order valence-corrected chi connectivity index (χ4v) is 4.25. The van der Waals surface area contributed by atoms with Gasteiger partial charge >= 0.3 is 0 Å². The first-order chi connectivity index (χ1) is 8.67. The van der Waals surface area contributed by atoms with E-state index in [0.717, 1.165) is 30.2 Å². The minimum Gasteiger partial charge on any atom is -0.313 e. The van der Waals surface area contributed by atoms with E-state index in [2.05, 4.69) is 28.9 Å². The van der Waals surface area contributed by atoms with Crippen molar-refractivity contribution in [1.82, 2.24) is 15.1 Å². The maximum absolute atomic E-state index is 6.39. The van der Waals surface area contributed by atoms with Crippen LogP contribution in [-0.2, 0) is 13.0 Å². The SMILES string of the molecule is CCNC1CSCC1Cc1c(Cl)c(C)nn1CC. The second-order valence-corrected chi connectivity index (χ2v) is 6.28. The molecule has 0 aromatic carbocycles. The Kier molecular flexibility index (Phi) is 4.98. The first-order valence-electron chi connectivity index (χ1n) is 6.70. The molecule has 3 nitrogen and oxygen atoms in total. The number of hydrogen-bond acceptors (Lipinski definition) is 3. The molecule has 0 bridgehead atoms. The third-order valence-electron chi connectivity index (χ3n) is 3.57. The van der Waals surface area contributed by atoms with Crippen LogP contribution in [0.3, 0.4) is 0 Å². The maximum Gasteiger partial charge on any atom is 0.0847 e. The van der Waals surface area contributed by atoms with Gasteiger partial charge in [0.1, 0.15) is 0 Å². The van der Waals surface area contributed by atoms with E-state index in [1.165, 1.54) is 17.2 Å². The lowest BCUT2D eigenvalue weighted by atomic mass is 9.97. The largest absolute Gasteiger partial charge is 0.313 e. The number of thioether (sulfide) groups is 1. The maximum atomic E-state index is 6.39. The average Bonchev–Trinajstić information content (AvgIpc) is 2.90. The van der Waals surface area contributed by atoms with Crippen LogP contribution in [0, 0.1) is 12.8 Å². The Morgan fingerprint density at radius 1 is 1.44 bits per heavy atom. The van der Waals surface area contributed by atoms with Gasteiger partial charge in [-0.05, 0) is 38.5 Å². The highest BCUT2D eigenvalue weighted by atomic mass is 35.5. The fraction of sp³-hybridized carbons (Fsp3) is 0.769. The normalized spacial score (nSPS) is 23.8. The quantitative estimate of drug-likeness (QED) is 0.903. The van der Waals surface area contributed by atoms with Crippen molar-refractivity contribution in [1.29, 1.82) is 0 Å². The summed E-state index contributed by atoms with van der Waals surface area (Å²) in [6, 6.07) is 0.622. The van der Waals surface area contributed by atoms with Gasteiger partial charge in [-0.1, -0.05) is 18.5 Å². The first kappa shape index (κ1) is 14.2. The van der Waals surface area contributed by atoms with Crippen LogP contribution in [0.1, 0.15) is 25.2 Å². The van der Waals surface area contributed by atoms with Gasteiger partial charge in [-0.3, -0.25) is 4.68 Å². The highest BCUT2D eigenvalue weighted by Crippen LogP contribution is 2.30. The van der Waals surface area contributed by atoms with Crippen molar-refractivity contribution in [3.8, 4) is 0 Å². The molecule has 2 unspecified atom stereocenters. The van der Waals surface area contributed by atoms with E-state index in [4.69, 9.17) is 11.6 Å². The number of hydrogen-bond donors (Lipinski definition) is 1. The Bertz CT molecular complexity index is 405. The molecule has 102 valence electrons. The fourth-order valence-electron chi connectivity index (χ4n) is 2.60. The summed E-state index contributed by atoms with van der Waals surface area (Å²) in [5.41, 5.74) is 2.17. The van der Waals surface area contributed by atoms with Crippen molar-refractivity contribution < 1.29 is 0 Å². The van der Waals surface area contributed by atoms with Crippen molar-refractivity contribution in [2.75, 3.05) is 18.1 Å². The molecular formula is C13H22ClN3S. The zero-order chi connectivity index (χ0) is 13.1. The Morgan fingerprint density at radius 2 is 2.22 bits per heavy atom. The van der Waals surface area contributed by atoms with Crippen molar-refractivity contribution in [3.05, 3.63) is 16.4 Å². The molecule has 2 atom stereocenters. The van der Waals surface area contributed by atoms with Gasteiger partial charge in [0.15, 0.2) is 0 Å². The molecule has 2 heterocycles. The van der Waals surface area contributed by atoms with E-state index >= 15 is 0 Å². The lowest BCUT2D eigenvalue weighted by Crippen LogP contribution is -2.36. The van der Waals surface area contributed by atoms with Gasteiger partial charge in [-0.25, -0.2) is 0 Å². The van der Waals surface area contributed by atoms with Crippen LogP contribution in [0.4, 0.5) is 0 Å². The zero-order valence-electron chi connectivity index (χ0n) is 11.4. The molecule has 1 N–H and O–H groups in total. The molecule has 1 aliphatic heterocycles. The Balaban J connectivity index is 2.13. The highest BCUT2D eigenvalue weighted by molar-refractivity contribution is 7.99. The van der Waals surface area contributed by atoms with E-state index in [0.29, 0.717) is 12.0 Å². The van der Waals surface area contributed by atoms with Crippen LogP contribution >= 0.6 is 23.4 Å². The standard InChI is InChI=1S/C13H22ClN3S/c1-4-15-11-8-18-7-10(11)6-12-13(14)9(3)16-17(12)5-2/h10-11,15H,4-8H2,1-3H3. The van der Waals surface area contributed by atoms with Gasteiger partial charge in [0, 0.05) is 18.3 Å². The number of aromatic nitrogens is 2. The van der Waals surface area contributed by atoms with Crippen molar-refractivity contribution in [2.24, 2.45) is 5.92 Å². The molecule has 1 aliphatic rings. The van der Waals surface area contributed by atoms with E-state index in [-0.39, 0.29) is 0 Å². The lowest BCUT2D eigenvalue weighted by Gasteiger charge is -2.20. The van der Waals surface area contributed by atoms with Crippen molar-refractivity contribution in [2.45, 2.75) is 39.8 Å². The first-order valence-corrected chi connectivity index (χ1v) is 8.23. The Hall–Kier alpha value is -0.190. The molecule has 1 aromatic heterocycles. The van der Waals surface area contributed by atoms with Gasteiger partial charge in [0.05, 0.1) is 16.4 Å². The number of nitrogens with zero attached hydrogens (tertiary/aromatic N) is 2. The molecule has 1 saturated heterocycles. The molecular weight excluding hydrogens is 266 g/mol. The minimum atomic E-state index is 0.622. The summed E-state index contributed by atoms with van der Waals surface area (Å²) in [6.07, 6.45) is 1.04. The van der Waals surface area contributed by atoms with Gasteiger partial charge in [0.2, 0.25) is 0 Å². The summed E-state index contributed by atoms with van der Waals surface area (Å²) in [5.74, 6) is 3.12. The van der Waals surface area contributed by atoms with Crippen molar-refractivity contribution >= 4 is 23.4 Å². The Labute approximate surface area is 119 Å². The minimum absolute atomic E-state index is 0.622. The molecule has 18 heavy (non-hydrogen) atoms. The molecule has 1 fully saturated rings. The molecule has 5 heteroatoms. The number of nitrogens with one attached hydrogen (secondary N) is 1. The van der Waals surface area contributed by atoms with E-state index < -0.39 is 0 Å². The molecule has 0 aliphatic carbocycles. The third kappa shape index (κ3) is 2.86. The van der Waals surface area contributed by atoms with E-state index in [1.54, 1.807) is 0 Å². The average molecular weight is 288 g/mol. The van der Waals surface area contributed by atoms with Crippen LogP contribution in [0.15, 0.2) is 0 Å². The third-order valence-corrected chi connectivity index (χ3v) is 5.32. The smallest absolute Gasteiger partial charge is 0.0847 e. The summed E-state index contributed by atoms with van der Waals surface area (Å²) in [6.45, 7) is 8.23. The monoisotopic (exact) mass is 287 g/mol. The topological polar surface area (TPSA) is 29.9 Å². The highest BCUT2D eigenvalue weighted by Gasteiger charge is 2.29. The van der Waals surface area contributed by atoms with Gasteiger partial charge in [-0.2, -0.15) is 16.9 Å². The summed E-state index contributed by atoms with van der Waals surface area (Å²) < 4.78 is 2.06. The molecule has 0 saturated carbocycles. The zero-order valence-corrected chi connectivity index (χ0v) is 12.9. The second-order valence-electron chi connectivity index (χ2n) is 4.83. The molecule has 0 amide bonds. The van der Waals surface area contributed by atoms with Crippen LogP contribution in [0.25, 0.3) is 0 Å². The molecule has 0 radical (unpaired) electrons. The molecule has 1 aromatic rings. The van der Waals surface area contributed by atoms with Gasteiger partial charge in [0.25, 0.3) is 0 Å². The predicted molar refractivity (Wildman–Crippen MR) is 79.6 cm³/mol. The van der Waals surface area contributed by atoms with Crippen LogP contribution in [-0.4, -0.2) is 33.9 Å². The van der Waals surface area contributed by atoms with Crippen LogP contribution in [0.2, 0.25) is 5.02 Å². The van der Waals surface area contributed by atoms with E-state index in [9.17, 15) is 0 Å². The molecule has 2 rings (SSSR count). The summed E-state index contributed by atoms with van der Waals surface area (Å²) >= 11 is 8.43.